The number of pyridine rings is 1. The number of rotatable bonds is 6. The summed E-state index contributed by atoms with van der Waals surface area (Å²) in [6, 6.07) is 5.59. The lowest BCUT2D eigenvalue weighted by Crippen LogP contribution is -2.33. The summed E-state index contributed by atoms with van der Waals surface area (Å²) < 4.78 is 27.5. The average molecular weight is 415 g/mol. The van der Waals surface area contributed by atoms with Crippen molar-refractivity contribution in [1.82, 2.24) is 9.88 Å². The van der Waals surface area contributed by atoms with Crippen LogP contribution in [0.25, 0.3) is 0 Å². The number of nitrogens with zero attached hydrogens (tertiary/aromatic N) is 3. The van der Waals surface area contributed by atoms with Crippen LogP contribution in [0.5, 0.6) is 0 Å². The second-order valence-electron chi connectivity index (χ2n) is 7.94. The standard InChI is InChI=1S/C22H27F2N5O/c1-14(2)3-4-15-9-16(21(25)27-11-15)12-26-20-10-18(5-6-19(20)24)28-22(30)29-8-7-17(23)13-29/h5-6,9-12,14,17H,3-4,7-8,13H2,1-2H3,(H2,25,27)(H,28,30). The van der Waals surface area contributed by atoms with Crippen molar-refractivity contribution in [2.45, 2.75) is 39.3 Å². The zero-order valence-corrected chi connectivity index (χ0v) is 17.2. The smallest absolute Gasteiger partial charge is 0.321 e. The van der Waals surface area contributed by atoms with Crippen LogP contribution in [0.15, 0.2) is 35.5 Å². The van der Waals surface area contributed by atoms with Crippen molar-refractivity contribution in [2.24, 2.45) is 10.9 Å². The van der Waals surface area contributed by atoms with Crippen LogP contribution >= 0.6 is 0 Å². The lowest BCUT2D eigenvalue weighted by molar-refractivity contribution is 0.218. The number of carbonyl (C=O) groups excluding carboxylic acids is 1. The highest BCUT2D eigenvalue weighted by Crippen LogP contribution is 2.24. The highest BCUT2D eigenvalue weighted by Gasteiger charge is 2.25. The molecule has 6 nitrogen and oxygen atoms in total. The average Bonchev–Trinajstić information content (AvgIpc) is 3.15. The van der Waals surface area contributed by atoms with Gasteiger partial charge in [-0.05, 0) is 55.0 Å². The quantitative estimate of drug-likeness (QED) is 0.670. The van der Waals surface area contributed by atoms with Gasteiger partial charge in [0.25, 0.3) is 0 Å². The second kappa shape index (κ2) is 9.65. The number of amides is 2. The third-order valence-corrected chi connectivity index (χ3v) is 4.97. The zero-order valence-electron chi connectivity index (χ0n) is 17.2. The summed E-state index contributed by atoms with van der Waals surface area (Å²) in [5, 5.41) is 2.66. The first-order valence-corrected chi connectivity index (χ1v) is 10.1. The molecule has 3 rings (SSSR count). The van der Waals surface area contributed by atoms with Gasteiger partial charge >= 0.3 is 6.03 Å². The van der Waals surface area contributed by atoms with Crippen molar-refractivity contribution >= 4 is 29.4 Å². The summed E-state index contributed by atoms with van der Waals surface area (Å²) in [7, 11) is 0. The molecule has 2 heterocycles. The fourth-order valence-electron chi connectivity index (χ4n) is 3.17. The molecule has 1 aliphatic rings. The van der Waals surface area contributed by atoms with Crippen LogP contribution in [-0.2, 0) is 6.42 Å². The summed E-state index contributed by atoms with van der Waals surface area (Å²) in [6.07, 6.45) is 4.44. The Kier molecular flexibility index (Phi) is 6.97. The van der Waals surface area contributed by atoms with Gasteiger partial charge in [-0.25, -0.2) is 18.6 Å². The number of benzene rings is 1. The van der Waals surface area contributed by atoms with E-state index in [0.717, 1.165) is 18.4 Å². The van der Waals surface area contributed by atoms with E-state index in [1.54, 1.807) is 6.20 Å². The van der Waals surface area contributed by atoms with Gasteiger partial charge in [0.15, 0.2) is 0 Å². The molecule has 30 heavy (non-hydrogen) atoms. The molecule has 160 valence electrons. The SMILES string of the molecule is CC(C)CCc1cnc(N)c(C=Nc2cc(NC(=O)N3CCC(F)C3)ccc2F)c1. The van der Waals surface area contributed by atoms with Gasteiger partial charge in [0, 0.05) is 30.2 Å². The van der Waals surface area contributed by atoms with E-state index in [-0.39, 0.29) is 12.2 Å². The summed E-state index contributed by atoms with van der Waals surface area (Å²) in [5.41, 5.74) is 8.02. The Labute approximate surface area is 175 Å². The summed E-state index contributed by atoms with van der Waals surface area (Å²) in [4.78, 5) is 22.0. The number of urea groups is 1. The van der Waals surface area contributed by atoms with Gasteiger partial charge in [0.2, 0.25) is 0 Å². The molecule has 3 N–H and O–H groups in total. The number of nitrogens with one attached hydrogen (secondary N) is 1. The van der Waals surface area contributed by atoms with Crippen molar-refractivity contribution < 1.29 is 13.6 Å². The Morgan fingerprint density at radius 2 is 2.23 bits per heavy atom. The van der Waals surface area contributed by atoms with Gasteiger partial charge in [-0.2, -0.15) is 0 Å². The molecule has 1 aromatic heterocycles. The van der Waals surface area contributed by atoms with E-state index in [0.29, 0.717) is 36.0 Å². The van der Waals surface area contributed by atoms with Gasteiger partial charge in [0.1, 0.15) is 23.5 Å². The molecule has 0 bridgehead atoms. The fourth-order valence-corrected chi connectivity index (χ4v) is 3.17. The van der Waals surface area contributed by atoms with Crippen LogP contribution in [0.2, 0.25) is 0 Å². The van der Waals surface area contributed by atoms with Crippen LogP contribution in [-0.4, -0.2) is 41.4 Å². The van der Waals surface area contributed by atoms with Gasteiger partial charge in [-0.15, -0.1) is 0 Å². The number of aliphatic imine (C=N–C) groups is 1. The number of likely N-dealkylation sites (tertiary alicyclic amines) is 1. The summed E-state index contributed by atoms with van der Waals surface area (Å²) >= 11 is 0. The van der Waals surface area contributed by atoms with E-state index in [1.165, 1.54) is 29.3 Å². The monoisotopic (exact) mass is 415 g/mol. The summed E-state index contributed by atoms with van der Waals surface area (Å²) in [5.74, 6) is 0.353. The number of hydrogen-bond donors (Lipinski definition) is 2. The molecule has 1 atom stereocenters. The fraction of sp³-hybridized carbons (Fsp3) is 0.409. The first kappa shape index (κ1) is 21.7. The number of alkyl halides is 1. The number of aryl methyl sites for hydroxylation is 1. The minimum atomic E-state index is -1.00. The normalized spacial score (nSPS) is 16.6. The molecule has 2 amide bonds. The van der Waals surface area contributed by atoms with Crippen molar-refractivity contribution in [3.63, 3.8) is 0 Å². The summed E-state index contributed by atoms with van der Waals surface area (Å²) in [6.45, 7) is 4.73. The van der Waals surface area contributed by atoms with Gasteiger partial charge < -0.3 is 16.0 Å². The Bertz CT molecular complexity index is 932. The molecule has 8 heteroatoms. The highest BCUT2D eigenvalue weighted by molar-refractivity contribution is 5.91. The Morgan fingerprint density at radius 1 is 1.43 bits per heavy atom. The van der Waals surface area contributed by atoms with Crippen molar-refractivity contribution in [3.05, 3.63) is 47.4 Å². The second-order valence-corrected chi connectivity index (χ2v) is 7.94. The third kappa shape index (κ3) is 5.75. The van der Waals surface area contributed by atoms with Crippen LogP contribution in [0.1, 0.15) is 37.8 Å². The van der Waals surface area contributed by atoms with Crippen molar-refractivity contribution in [1.29, 1.82) is 0 Å². The number of anilines is 2. The molecule has 0 aliphatic carbocycles. The number of carbonyl (C=O) groups is 1. The predicted octanol–water partition coefficient (Wildman–Crippen LogP) is 4.72. The number of hydrogen-bond acceptors (Lipinski definition) is 4. The first-order valence-electron chi connectivity index (χ1n) is 10.1. The lowest BCUT2D eigenvalue weighted by atomic mass is 10.0. The van der Waals surface area contributed by atoms with Crippen molar-refractivity contribution in [2.75, 3.05) is 24.1 Å². The molecule has 1 unspecified atom stereocenters. The predicted molar refractivity (Wildman–Crippen MR) is 116 cm³/mol. The molecule has 0 saturated carbocycles. The number of halogens is 2. The Morgan fingerprint density at radius 3 is 2.93 bits per heavy atom. The number of aromatic nitrogens is 1. The van der Waals surface area contributed by atoms with E-state index >= 15 is 0 Å². The topological polar surface area (TPSA) is 83.6 Å². The Hall–Kier alpha value is -3.03. The van der Waals surface area contributed by atoms with Crippen molar-refractivity contribution in [3.8, 4) is 0 Å². The maximum atomic E-state index is 14.2. The number of nitrogen functional groups attached to an aromatic ring is 1. The van der Waals surface area contributed by atoms with Crippen LogP contribution < -0.4 is 11.1 Å². The van der Waals surface area contributed by atoms with Gasteiger partial charge in [-0.3, -0.25) is 4.99 Å². The molecule has 1 fully saturated rings. The molecule has 1 aliphatic heterocycles. The molecular weight excluding hydrogens is 388 g/mol. The number of nitrogens with two attached hydrogens (primary N) is 1. The minimum Gasteiger partial charge on any atom is -0.383 e. The van der Waals surface area contributed by atoms with Crippen LogP contribution in [0, 0.1) is 11.7 Å². The minimum absolute atomic E-state index is 0.0598. The van der Waals surface area contributed by atoms with E-state index in [4.69, 9.17) is 5.73 Å². The third-order valence-electron chi connectivity index (χ3n) is 4.97. The maximum absolute atomic E-state index is 14.2. The van der Waals surface area contributed by atoms with E-state index in [2.05, 4.69) is 29.1 Å². The first-order chi connectivity index (χ1) is 14.3. The highest BCUT2D eigenvalue weighted by atomic mass is 19.1. The molecule has 2 aromatic rings. The van der Waals surface area contributed by atoms with E-state index in [1.807, 2.05) is 6.07 Å². The molecular formula is C22H27F2N5O. The zero-order chi connectivity index (χ0) is 21.7. The van der Waals surface area contributed by atoms with Gasteiger partial charge in [-0.1, -0.05) is 13.8 Å². The lowest BCUT2D eigenvalue weighted by Gasteiger charge is -2.16. The van der Waals surface area contributed by atoms with Gasteiger partial charge in [0.05, 0.1) is 6.54 Å². The van der Waals surface area contributed by atoms with E-state index in [9.17, 15) is 13.6 Å². The molecule has 1 saturated heterocycles. The Balaban J connectivity index is 1.73. The molecule has 0 spiro atoms. The van der Waals surface area contributed by atoms with Crippen LogP contribution in [0.4, 0.5) is 30.8 Å². The largest absolute Gasteiger partial charge is 0.383 e. The maximum Gasteiger partial charge on any atom is 0.321 e. The molecule has 1 aromatic carbocycles. The van der Waals surface area contributed by atoms with E-state index < -0.39 is 18.0 Å². The molecule has 0 radical (unpaired) electrons. The van der Waals surface area contributed by atoms with Crippen LogP contribution in [0.3, 0.4) is 0 Å².